The van der Waals surface area contributed by atoms with Crippen LogP contribution in [0.3, 0.4) is 0 Å². The van der Waals surface area contributed by atoms with Gasteiger partial charge in [-0.05, 0) is 87.5 Å². The molecule has 5 heterocycles. The van der Waals surface area contributed by atoms with E-state index in [9.17, 15) is 0 Å². The van der Waals surface area contributed by atoms with E-state index in [1.807, 2.05) is 38.6 Å². The van der Waals surface area contributed by atoms with Crippen LogP contribution in [0.15, 0.2) is 108 Å². The van der Waals surface area contributed by atoms with Crippen LogP contribution in [0.4, 0.5) is 5.69 Å². The smallest absolute Gasteiger partial charge is 0.184 e. The Labute approximate surface area is 273 Å². The first-order valence-electron chi connectivity index (χ1n) is 14.4. The zero-order valence-corrected chi connectivity index (χ0v) is 26.4. The van der Waals surface area contributed by atoms with Crippen LogP contribution in [-0.4, -0.2) is 39.0 Å². The fraction of sp³-hybridized carbons (Fsp3) is 0.0541. The lowest BCUT2D eigenvalue weighted by molar-refractivity contribution is 0.970. The Kier molecular flexibility index (Phi) is 7.75. The standard InChI is InChI=1S/C37H28N6S2/c1-43(2)32-17-30-11-7-26-16-35(28-19-38-36(39-20-28)29-21-40-37(45)41-22-29)27(8-12-31(18-32)42-30)15-34(26)25-5-3-23(4-6-25)24-9-13-33(44)14-10-24/h3-22,44H,1-2H3,(H,40,41,45)/b11-7-,12-8-. The minimum atomic E-state index is 0.407. The number of pyridine rings is 1. The lowest BCUT2D eigenvalue weighted by Gasteiger charge is -2.14. The molecule has 0 aliphatic carbocycles. The molecule has 6 aromatic rings. The van der Waals surface area contributed by atoms with E-state index in [1.165, 1.54) is 0 Å². The third-order valence-electron chi connectivity index (χ3n) is 7.71. The van der Waals surface area contributed by atoms with Crippen LogP contribution in [0.2, 0.25) is 0 Å². The van der Waals surface area contributed by atoms with Crippen molar-refractivity contribution in [3.05, 3.63) is 120 Å². The molecule has 8 heteroatoms. The number of anilines is 1. The third kappa shape index (κ3) is 6.16. The fourth-order valence-corrected chi connectivity index (χ4v) is 5.56. The lowest BCUT2D eigenvalue weighted by atomic mass is 9.90. The third-order valence-corrected chi connectivity index (χ3v) is 8.24. The van der Waals surface area contributed by atoms with Crippen molar-refractivity contribution in [2.24, 2.45) is 0 Å². The monoisotopic (exact) mass is 620 g/mol. The van der Waals surface area contributed by atoms with Crippen LogP contribution in [0, 0.1) is 0 Å². The van der Waals surface area contributed by atoms with Crippen LogP contribution >= 0.6 is 25.3 Å². The summed E-state index contributed by atoms with van der Waals surface area (Å²) in [4.78, 5) is 25.6. The normalized spacial score (nSPS) is 13.2. The number of thiol groups is 2. The van der Waals surface area contributed by atoms with Crippen LogP contribution in [-0.2, 0) is 0 Å². The van der Waals surface area contributed by atoms with E-state index in [0.717, 1.165) is 72.0 Å². The Morgan fingerprint density at radius 1 is 0.511 bits per heavy atom. The van der Waals surface area contributed by atoms with E-state index in [2.05, 4.69) is 135 Å². The van der Waals surface area contributed by atoms with Gasteiger partial charge in [0.05, 0.1) is 17.0 Å². The second kappa shape index (κ2) is 12.1. The molecule has 218 valence electrons. The summed E-state index contributed by atoms with van der Waals surface area (Å²) in [6.07, 6.45) is 15.5. The highest BCUT2D eigenvalue weighted by Gasteiger charge is 2.14. The first kappa shape index (κ1) is 28.7. The second-order valence-corrected chi connectivity index (χ2v) is 11.9. The maximum Gasteiger partial charge on any atom is 0.184 e. The molecule has 0 atom stereocenters. The highest BCUT2D eigenvalue weighted by molar-refractivity contribution is 7.80. The van der Waals surface area contributed by atoms with Gasteiger partial charge in [0, 0.05) is 55.0 Å². The van der Waals surface area contributed by atoms with Crippen LogP contribution in [0.1, 0.15) is 22.5 Å². The summed E-state index contributed by atoms with van der Waals surface area (Å²) >= 11 is 8.61. The fourth-order valence-electron chi connectivity index (χ4n) is 5.30. The van der Waals surface area contributed by atoms with Crippen LogP contribution in [0.25, 0.3) is 69.1 Å². The first-order chi connectivity index (χ1) is 21.9. The van der Waals surface area contributed by atoms with Crippen molar-refractivity contribution in [2.75, 3.05) is 19.0 Å². The van der Waals surface area contributed by atoms with Crippen molar-refractivity contribution in [3.63, 3.8) is 0 Å². The molecule has 6 nitrogen and oxygen atoms in total. The van der Waals surface area contributed by atoms with Crippen molar-refractivity contribution in [2.45, 2.75) is 10.1 Å². The van der Waals surface area contributed by atoms with E-state index in [4.69, 9.17) is 4.98 Å². The molecule has 0 amide bonds. The molecular weight excluding hydrogens is 593 g/mol. The Morgan fingerprint density at radius 3 is 1.56 bits per heavy atom. The minimum absolute atomic E-state index is 0.407. The van der Waals surface area contributed by atoms with Crippen molar-refractivity contribution < 1.29 is 0 Å². The zero-order valence-electron chi connectivity index (χ0n) is 24.6. The summed E-state index contributed by atoms with van der Waals surface area (Å²) < 4.78 is 0. The average molecular weight is 621 g/mol. The molecule has 0 unspecified atom stereocenters. The highest BCUT2D eigenvalue weighted by atomic mass is 32.1. The molecule has 3 aromatic carbocycles. The van der Waals surface area contributed by atoms with Gasteiger partial charge < -0.3 is 4.90 Å². The predicted molar refractivity (Wildman–Crippen MR) is 190 cm³/mol. The number of fused-ring (bicyclic) bond motifs is 2. The quantitative estimate of drug-likeness (QED) is 0.148. The summed E-state index contributed by atoms with van der Waals surface area (Å²) in [5.74, 6) is 0.555. The molecule has 0 saturated carbocycles. The SMILES string of the molecule is CN(C)c1cc2nc(c1)/C=C\c1cc(-c3ccc(-c4ccc(S)cc4)cc3)c(cc1-c1cnc(-c3cnc(S)nc3)nc1)/C=C\2. The summed E-state index contributed by atoms with van der Waals surface area (Å²) in [5, 5.41) is 0.407. The van der Waals surface area contributed by atoms with Crippen molar-refractivity contribution >= 4 is 55.2 Å². The van der Waals surface area contributed by atoms with E-state index in [-0.39, 0.29) is 0 Å². The maximum atomic E-state index is 4.89. The molecule has 8 rings (SSSR count). The van der Waals surface area contributed by atoms with E-state index in [0.29, 0.717) is 11.0 Å². The molecular formula is C37H28N6S2. The van der Waals surface area contributed by atoms with Gasteiger partial charge >= 0.3 is 0 Å². The van der Waals surface area contributed by atoms with Crippen LogP contribution in [0.5, 0.6) is 0 Å². The van der Waals surface area contributed by atoms with Gasteiger partial charge in [-0.15, -0.1) is 25.3 Å². The Balaban J connectivity index is 1.35. The van der Waals surface area contributed by atoms with E-state index < -0.39 is 0 Å². The Morgan fingerprint density at radius 2 is 1.00 bits per heavy atom. The van der Waals surface area contributed by atoms with E-state index in [1.54, 1.807) is 12.4 Å². The molecule has 2 aliphatic rings. The van der Waals surface area contributed by atoms with Gasteiger partial charge in [-0.25, -0.2) is 24.9 Å². The van der Waals surface area contributed by atoms with Gasteiger partial charge in [-0.3, -0.25) is 0 Å². The van der Waals surface area contributed by atoms with Crippen molar-refractivity contribution in [1.82, 2.24) is 24.9 Å². The Bertz CT molecular complexity index is 1920. The second-order valence-electron chi connectivity index (χ2n) is 11.0. The molecule has 0 radical (unpaired) electrons. The highest BCUT2D eigenvalue weighted by Crippen LogP contribution is 2.36. The Hall–Kier alpha value is -5.05. The van der Waals surface area contributed by atoms with Gasteiger partial charge in [0.25, 0.3) is 0 Å². The van der Waals surface area contributed by atoms with Gasteiger partial charge in [-0.2, -0.15) is 0 Å². The number of hydrogen-bond acceptors (Lipinski definition) is 8. The van der Waals surface area contributed by atoms with Crippen molar-refractivity contribution in [1.29, 1.82) is 0 Å². The minimum Gasteiger partial charge on any atom is -0.378 e. The van der Waals surface area contributed by atoms with Gasteiger partial charge in [-0.1, -0.05) is 48.6 Å². The van der Waals surface area contributed by atoms with Crippen molar-refractivity contribution in [3.8, 4) is 44.8 Å². The van der Waals surface area contributed by atoms with Gasteiger partial charge in [0.1, 0.15) is 0 Å². The average Bonchev–Trinajstić information content (AvgIpc) is 3.10. The van der Waals surface area contributed by atoms with Gasteiger partial charge in [0.2, 0.25) is 0 Å². The number of aromatic nitrogens is 5. The molecule has 0 N–H and O–H groups in total. The maximum absolute atomic E-state index is 4.89. The molecule has 0 spiro atoms. The molecule has 3 aromatic heterocycles. The number of benzene rings is 3. The van der Waals surface area contributed by atoms with Gasteiger partial charge in [0.15, 0.2) is 11.0 Å². The van der Waals surface area contributed by atoms with E-state index >= 15 is 0 Å². The topological polar surface area (TPSA) is 67.7 Å². The molecule has 0 fully saturated rings. The van der Waals surface area contributed by atoms with Crippen LogP contribution < -0.4 is 4.90 Å². The lowest BCUT2D eigenvalue weighted by Crippen LogP contribution is -2.09. The molecule has 45 heavy (non-hydrogen) atoms. The largest absolute Gasteiger partial charge is 0.378 e. The molecule has 2 aliphatic heterocycles. The molecule has 0 saturated heterocycles. The molecule has 4 bridgehead atoms. The number of nitrogens with zero attached hydrogens (tertiary/aromatic N) is 6. The zero-order chi connectivity index (χ0) is 30.9. The number of hydrogen-bond donors (Lipinski definition) is 2. The summed E-state index contributed by atoms with van der Waals surface area (Å²) in [5.41, 5.74) is 12.2. The summed E-state index contributed by atoms with van der Waals surface area (Å²) in [6, 6.07) is 25.6. The number of rotatable bonds is 5. The predicted octanol–water partition coefficient (Wildman–Crippen LogP) is 8.63. The summed E-state index contributed by atoms with van der Waals surface area (Å²) in [7, 11) is 4.08. The first-order valence-corrected chi connectivity index (χ1v) is 15.3. The summed E-state index contributed by atoms with van der Waals surface area (Å²) in [6.45, 7) is 0.